The van der Waals surface area contributed by atoms with Crippen LogP contribution in [0.25, 0.3) is 0 Å². The van der Waals surface area contributed by atoms with Crippen LogP contribution in [-0.2, 0) is 11.2 Å². The lowest BCUT2D eigenvalue weighted by molar-refractivity contribution is 0.150. The maximum absolute atomic E-state index is 5.62. The fourth-order valence-electron chi connectivity index (χ4n) is 2.34. The summed E-state index contributed by atoms with van der Waals surface area (Å²) in [6.45, 7) is 6.22. The molecule has 1 N–H and O–H groups in total. The number of halogens is 1. The molecular formula is C13H20BrNOS. The molecule has 1 fully saturated rings. The Balaban J connectivity index is 1.96. The van der Waals surface area contributed by atoms with E-state index in [-0.39, 0.29) is 0 Å². The van der Waals surface area contributed by atoms with Crippen LogP contribution < -0.4 is 5.32 Å². The number of thiophene rings is 1. The molecule has 17 heavy (non-hydrogen) atoms. The Morgan fingerprint density at radius 1 is 1.59 bits per heavy atom. The van der Waals surface area contributed by atoms with Crippen LogP contribution in [0, 0.1) is 5.41 Å². The highest BCUT2D eigenvalue weighted by Crippen LogP contribution is 2.34. The van der Waals surface area contributed by atoms with E-state index in [1.807, 2.05) is 11.3 Å². The van der Waals surface area contributed by atoms with E-state index in [2.05, 4.69) is 39.6 Å². The van der Waals surface area contributed by atoms with Crippen molar-refractivity contribution in [2.75, 3.05) is 26.3 Å². The zero-order valence-corrected chi connectivity index (χ0v) is 12.7. The molecule has 0 spiro atoms. The first-order valence-corrected chi connectivity index (χ1v) is 7.93. The van der Waals surface area contributed by atoms with Crippen LogP contribution in [0.5, 0.6) is 0 Å². The van der Waals surface area contributed by atoms with Crippen molar-refractivity contribution in [2.45, 2.75) is 26.2 Å². The Labute approximate surface area is 116 Å². The van der Waals surface area contributed by atoms with Gasteiger partial charge in [-0.15, -0.1) is 11.3 Å². The molecule has 2 heterocycles. The molecule has 0 saturated carbocycles. The van der Waals surface area contributed by atoms with Crippen molar-refractivity contribution in [3.8, 4) is 0 Å². The van der Waals surface area contributed by atoms with E-state index in [0.29, 0.717) is 5.41 Å². The Kier molecular flexibility index (Phi) is 5.03. The summed E-state index contributed by atoms with van der Waals surface area (Å²) in [5, 5.41) is 5.72. The van der Waals surface area contributed by atoms with Gasteiger partial charge in [-0.25, -0.2) is 0 Å². The second kappa shape index (κ2) is 6.32. The van der Waals surface area contributed by atoms with Gasteiger partial charge in [-0.05, 0) is 47.8 Å². The van der Waals surface area contributed by atoms with Gasteiger partial charge in [0.2, 0.25) is 0 Å². The highest BCUT2D eigenvalue weighted by atomic mass is 79.9. The normalized spacial score (nSPS) is 24.4. The molecule has 1 unspecified atom stereocenters. The summed E-state index contributed by atoms with van der Waals surface area (Å²) in [6.07, 6.45) is 3.51. The van der Waals surface area contributed by atoms with Gasteiger partial charge in [0.05, 0.1) is 6.61 Å². The predicted octanol–water partition coefficient (Wildman–Crippen LogP) is 3.46. The minimum absolute atomic E-state index is 0.319. The molecule has 0 bridgehead atoms. The van der Waals surface area contributed by atoms with Gasteiger partial charge in [0.25, 0.3) is 0 Å². The molecule has 96 valence electrons. The van der Waals surface area contributed by atoms with Crippen molar-refractivity contribution in [1.29, 1.82) is 0 Å². The maximum Gasteiger partial charge on any atom is 0.0538 e. The van der Waals surface area contributed by atoms with E-state index in [1.165, 1.54) is 22.2 Å². The summed E-state index contributed by atoms with van der Waals surface area (Å²) in [4.78, 5) is 1.46. The first-order valence-electron chi connectivity index (χ1n) is 6.25. The second-order valence-corrected chi connectivity index (χ2v) is 6.80. The van der Waals surface area contributed by atoms with E-state index in [0.717, 1.165) is 32.7 Å². The molecule has 1 aromatic heterocycles. The van der Waals surface area contributed by atoms with Gasteiger partial charge in [-0.1, -0.05) is 6.92 Å². The largest absolute Gasteiger partial charge is 0.381 e. The fraction of sp³-hybridized carbons (Fsp3) is 0.692. The number of hydrogen-bond donors (Lipinski definition) is 1. The molecule has 1 aromatic rings. The number of nitrogens with one attached hydrogen (secondary N) is 1. The molecule has 1 aliphatic rings. The van der Waals surface area contributed by atoms with E-state index >= 15 is 0 Å². The summed E-state index contributed by atoms with van der Waals surface area (Å²) < 4.78 is 6.83. The van der Waals surface area contributed by atoms with Crippen molar-refractivity contribution in [3.05, 3.63) is 20.8 Å². The average molecular weight is 318 g/mol. The molecule has 2 rings (SSSR count). The fourth-order valence-corrected chi connectivity index (χ4v) is 3.96. The van der Waals surface area contributed by atoms with Crippen molar-refractivity contribution in [3.63, 3.8) is 0 Å². The summed E-state index contributed by atoms with van der Waals surface area (Å²) >= 11 is 5.37. The molecule has 1 atom stereocenters. The van der Waals surface area contributed by atoms with Crippen LogP contribution in [0.15, 0.2) is 15.9 Å². The van der Waals surface area contributed by atoms with E-state index in [9.17, 15) is 0 Å². The highest BCUT2D eigenvalue weighted by Gasteiger charge is 2.35. The number of hydrogen-bond acceptors (Lipinski definition) is 3. The monoisotopic (exact) mass is 317 g/mol. The van der Waals surface area contributed by atoms with E-state index in [4.69, 9.17) is 4.74 Å². The quantitative estimate of drug-likeness (QED) is 0.811. The standard InChI is InChI=1S/C13H20BrNOS/c1-2-4-15-9-13(3-5-16-10-13)7-12-6-11(14)8-17-12/h6,8,15H,2-5,7,9-10H2,1H3. The van der Waals surface area contributed by atoms with Crippen LogP contribution in [0.3, 0.4) is 0 Å². The van der Waals surface area contributed by atoms with Crippen LogP contribution in [-0.4, -0.2) is 26.3 Å². The Morgan fingerprint density at radius 3 is 3.06 bits per heavy atom. The summed E-state index contributed by atoms with van der Waals surface area (Å²) in [5.74, 6) is 0. The minimum atomic E-state index is 0.319. The number of ether oxygens (including phenoxy) is 1. The first kappa shape index (κ1) is 13.5. The molecule has 1 aliphatic heterocycles. The Bertz CT molecular complexity index is 347. The lowest BCUT2D eigenvalue weighted by Gasteiger charge is -2.27. The lowest BCUT2D eigenvalue weighted by Crippen LogP contribution is -2.36. The van der Waals surface area contributed by atoms with Crippen LogP contribution in [0.1, 0.15) is 24.6 Å². The zero-order chi connectivity index (χ0) is 12.1. The molecule has 1 saturated heterocycles. The average Bonchev–Trinajstić information content (AvgIpc) is 2.90. The SMILES string of the molecule is CCCNCC1(Cc2cc(Br)cs2)CCOC1. The molecule has 0 amide bonds. The third kappa shape index (κ3) is 3.78. The van der Waals surface area contributed by atoms with Crippen LogP contribution in [0.4, 0.5) is 0 Å². The molecule has 4 heteroatoms. The Hall–Kier alpha value is 0.1000. The summed E-state index contributed by atoms with van der Waals surface area (Å²) in [7, 11) is 0. The van der Waals surface area contributed by atoms with E-state index < -0.39 is 0 Å². The van der Waals surface area contributed by atoms with Gasteiger partial charge in [0, 0.05) is 33.3 Å². The van der Waals surface area contributed by atoms with Gasteiger partial charge in [0.15, 0.2) is 0 Å². The van der Waals surface area contributed by atoms with Crippen molar-refractivity contribution in [2.24, 2.45) is 5.41 Å². The van der Waals surface area contributed by atoms with Crippen molar-refractivity contribution < 1.29 is 4.74 Å². The maximum atomic E-state index is 5.62. The molecule has 0 aliphatic carbocycles. The summed E-state index contributed by atoms with van der Waals surface area (Å²) in [6, 6.07) is 2.24. The second-order valence-electron chi connectivity index (χ2n) is 4.89. The first-order chi connectivity index (χ1) is 8.24. The minimum Gasteiger partial charge on any atom is -0.381 e. The molecular weight excluding hydrogens is 298 g/mol. The third-order valence-electron chi connectivity index (χ3n) is 3.28. The van der Waals surface area contributed by atoms with Crippen LogP contribution in [0.2, 0.25) is 0 Å². The molecule has 2 nitrogen and oxygen atoms in total. The third-order valence-corrected chi connectivity index (χ3v) is 4.98. The van der Waals surface area contributed by atoms with Gasteiger partial charge in [-0.3, -0.25) is 0 Å². The Morgan fingerprint density at radius 2 is 2.47 bits per heavy atom. The lowest BCUT2D eigenvalue weighted by atomic mass is 9.83. The van der Waals surface area contributed by atoms with E-state index in [1.54, 1.807) is 0 Å². The van der Waals surface area contributed by atoms with Crippen molar-refractivity contribution in [1.82, 2.24) is 5.32 Å². The van der Waals surface area contributed by atoms with Gasteiger partial charge >= 0.3 is 0 Å². The van der Waals surface area contributed by atoms with Gasteiger partial charge < -0.3 is 10.1 Å². The van der Waals surface area contributed by atoms with Crippen molar-refractivity contribution >= 4 is 27.3 Å². The molecule has 0 aromatic carbocycles. The smallest absolute Gasteiger partial charge is 0.0538 e. The zero-order valence-electron chi connectivity index (χ0n) is 10.3. The van der Waals surface area contributed by atoms with Gasteiger partial charge in [-0.2, -0.15) is 0 Å². The summed E-state index contributed by atoms with van der Waals surface area (Å²) in [5.41, 5.74) is 0.319. The van der Waals surface area contributed by atoms with Gasteiger partial charge in [0.1, 0.15) is 0 Å². The topological polar surface area (TPSA) is 21.3 Å². The van der Waals surface area contributed by atoms with Crippen LogP contribution >= 0.6 is 27.3 Å². The highest BCUT2D eigenvalue weighted by molar-refractivity contribution is 9.10. The predicted molar refractivity (Wildman–Crippen MR) is 76.8 cm³/mol. The number of rotatable bonds is 6. The molecule has 0 radical (unpaired) electrons.